The Morgan fingerprint density at radius 2 is 2.10 bits per heavy atom. The minimum absolute atomic E-state index is 0.292. The van der Waals surface area contributed by atoms with Crippen LogP contribution < -0.4 is 0 Å². The zero-order valence-electron chi connectivity index (χ0n) is 5.70. The summed E-state index contributed by atoms with van der Waals surface area (Å²) in [6.07, 6.45) is 1.81. The first-order valence-electron chi connectivity index (χ1n) is 2.88. The second-order valence-corrected chi connectivity index (χ2v) is 5.54. The van der Waals surface area contributed by atoms with Crippen molar-refractivity contribution in [3.63, 3.8) is 0 Å². The predicted octanol–water partition coefficient (Wildman–Crippen LogP) is 1.53. The van der Waals surface area contributed by atoms with Crippen molar-refractivity contribution in [1.82, 2.24) is 4.90 Å². The summed E-state index contributed by atoms with van der Waals surface area (Å²) in [5.41, 5.74) is 0. The number of carbonyl (C=O) groups is 1. The monoisotopic (exact) mass is 261 g/mol. The molecule has 58 valence electrons. The first-order chi connectivity index (χ1) is 4.72. The van der Waals surface area contributed by atoms with Crippen molar-refractivity contribution in [2.75, 3.05) is 13.6 Å². The van der Waals surface area contributed by atoms with Crippen LogP contribution in [0.1, 0.15) is 12.8 Å². The molecule has 10 heavy (non-hydrogen) atoms. The van der Waals surface area contributed by atoms with Crippen LogP contribution >= 0.6 is 19.6 Å². The zero-order valence-corrected chi connectivity index (χ0v) is 9.34. The number of hydrogen-bond acceptors (Lipinski definition) is 3. The van der Waals surface area contributed by atoms with Crippen molar-refractivity contribution in [2.45, 2.75) is 12.8 Å². The molecular weight excluding hydrogens is 250 g/mol. The van der Waals surface area contributed by atoms with Gasteiger partial charge in [-0.3, -0.25) is 4.79 Å². The Labute approximate surface area is 76.4 Å². The van der Waals surface area contributed by atoms with Gasteiger partial charge in [0.1, 0.15) is 0 Å². The van der Waals surface area contributed by atoms with Gasteiger partial charge >= 0.3 is 34.6 Å². The zero-order chi connectivity index (χ0) is 7.98. The molecule has 2 nitrogen and oxygen atoms in total. The van der Waals surface area contributed by atoms with Crippen LogP contribution in [0.3, 0.4) is 0 Å². The van der Waals surface area contributed by atoms with Gasteiger partial charge in [-0.15, -0.1) is 0 Å². The topological polar surface area (TPSA) is 20.3 Å². The summed E-state index contributed by atoms with van der Waals surface area (Å²) in [6, 6.07) is 0. The molecule has 0 radical (unpaired) electrons. The van der Waals surface area contributed by atoms with Gasteiger partial charge in [-0.2, -0.15) is 0 Å². The normalized spacial score (nSPS) is 16.1. The Morgan fingerprint density at radius 1 is 1.60 bits per heavy atom. The van der Waals surface area contributed by atoms with Crippen LogP contribution in [0.25, 0.3) is 0 Å². The van der Waals surface area contributed by atoms with Crippen molar-refractivity contribution in [3.05, 3.63) is 0 Å². The molecule has 0 aliphatic carbocycles. The van der Waals surface area contributed by atoms with Crippen molar-refractivity contribution < 1.29 is 19.7 Å². The van der Waals surface area contributed by atoms with Crippen LogP contribution in [0.15, 0.2) is 0 Å². The van der Waals surface area contributed by atoms with Gasteiger partial charge < -0.3 is 4.90 Å². The molecule has 0 aromatic carbocycles. The van der Waals surface area contributed by atoms with E-state index in [1.54, 1.807) is 4.90 Å². The molecule has 0 bridgehead atoms. The molecule has 1 saturated heterocycles. The number of rotatable bonds is 0. The Balaban J connectivity index is 0.000000236. The Hall–Kier alpha value is 0.598. The Kier molecular flexibility index (Phi) is 6.70. The van der Waals surface area contributed by atoms with Gasteiger partial charge in [-0.25, -0.2) is 0 Å². The summed E-state index contributed by atoms with van der Waals surface area (Å²) < 4.78 is 0. The van der Waals surface area contributed by atoms with Gasteiger partial charge in [0.15, 0.2) is 0 Å². The molecule has 1 fully saturated rings. The molecule has 0 atom stereocenters. The quantitative estimate of drug-likeness (QED) is 0.615. The molecule has 0 N–H and O–H groups in total. The van der Waals surface area contributed by atoms with Gasteiger partial charge in [0.2, 0.25) is 5.91 Å². The van der Waals surface area contributed by atoms with Gasteiger partial charge in [0, 0.05) is 20.0 Å². The summed E-state index contributed by atoms with van der Waals surface area (Å²) in [6.45, 7) is 0.957. The molecule has 0 saturated carbocycles. The van der Waals surface area contributed by atoms with E-state index in [0.29, 0.717) is 5.91 Å². The van der Waals surface area contributed by atoms with E-state index >= 15 is 0 Å². The van der Waals surface area contributed by atoms with E-state index in [-0.39, 0.29) is 14.9 Å². The molecule has 1 aliphatic heterocycles. The third-order valence-corrected chi connectivity index (χ3v) is 1.31. The number of likely N-dealkylation sites (tertiary alicyclic amines) is 1. The molecule has 1 amide bonds. The molecule has 0 spiro atoms. The number of carbonyl (C=O) groups excluding carboxylic acids is 1. The van der Waals surface area contributed by atoms with E-state index in [0.717, 1.165) is 19.4 Å². The average molecular weight is 259 g/mol. The molecule has 1 heterocycles. The third kappa shape index (κ3) is 4.42. The van der Waals surface area contributed by atoms with Crippen LogP contribution in [-0.2, 0) is 19.7 Å². The number of amides is 1. The maximum atomic E-state index is 10.5. The molecule has 0 aromatic heterocycles. The first kappa shape index (κ1) is 10.6. The average Bonchev–Trinajstić information content (AvgIpc) is 2.19. The van der Waals surface area contributed by atoms with E-state index < -0.39 is 0 Å². The molecule has 1 rings (SSSR count). The maximum absolute atomic E-state index is 10.5. The molecule has 0 unspecified atom stereocenters. The van der Waals surface area contributed by atoms with Crippen molar-refractivity contribution >= 4 is 25.5 Å². The van der Waals surface area contributed by atoms with E-state index in [4.69, 9.17) is 0 Å². The van der Waals surface area contributed by atoms with Gasteiger partial charge in [-0.1, -0.05) is 0 Å². The molecule has 0 aromatic rings. The number of hydrogen-bond donors (Lipinski definition) is 0. The third-order valence-electron chi connectivity index (χ3n) is 1.31. The van der Waals surface area contributed by atoms with Crippen LogP contribution in [0.5, 0.6) is 0 Å². The van der Waals surface area contributed by atoms with Crippen LogP contribution in [0.2, 0.25) is 0 Å². The summed E-state index contributed by atoms with van der Waals surface area (Å²) in [4.78, 5) is 12.3. The Bertz CT molecular complexity index is 156. The van der Waals surface area contributed by atoms with E-state index in [9.17, 15) is 4.79 Å². The fourth-order valence-corrected chi connectivity index (χ4v) is 0.783. The fourth-order valence-electron chi connectivity index (χ4n) is 0.783. The SMILES string of the molecule is CN1CCCC1=O.[S]=[Mo]=[S]. The van der Waals surface area contributed by atoms with Gasteiger partial charge in [0.05, 0.1) is 0 Å². The number of nitrogens with zero attached hydrogens (tertiary/aromatic N) is 1. The standard InChI is InChI=1S/C5H9NO.Mo.2S/c1-6-4-2-3-5(6)7;;;/h2-4H2,1H3;;;. The summed E-state index contributed by atoms with van der Waals surface area (Å²) in [5, 5.41) is 0. The summed E-state index contributed by atoms with van der Waals surface area (Å²) in [5.74, 6) is 0.292. The fraction of sp³-hybridized carbons (Fsp3) is 0.800. The molecule has 1 aliphatic rings. The van der Waals surface area contributed by atoms with Crippen molar-refractivity contribution in [3.8, 4) is 0 Å². The molecule has 5 heteroatoms. The predicted molar refractivity (Wildman–Crippen MR) is 42.1 cm³/mol. The summed E-state index contributed by atoms with van der Waals surface area (Å²) in [7, 11) is 10.5. The molecular formula is C5H9MoNOS2. The van der Waals surface area contributed by atoms with E-state index in [2.05, 4.69) is 19.6 Å². The Morgan fingerprint density at radius 3 is 2.20 bits per heavy atom. The van der Waals surface area contributed by atoms with Crippen LogP contribution in [-0.4, -0.2) is 24.4 Å². The minimum atomic E-state index is -0.363. The van der Waals surface area contributed by atoms with Gasteiger partial charge in [-0.05, 0) is 6.42 Å². The first-order valence-corrected chi connectivity index (χ1v) is 8.46. The van der Waals surface area contributed by atoms with E-state index in [1.165, 1.54) is 0 Å². The summed E-state index contributed by atoms with van der Waals surface area (Å²) >= 11 is -0.363. The van der Waals surface area contributed by atoms with Gasteiger partial charge in [0.25, 0.3) is 0 Å². The van der Waals surface area contributed by atoms with Crippen molar-refractivity contribution in [1.29, 1.82) is 0 Å². The van der Waals surface area contributed by atoms with Crippen molar-refractivity contribution in [2.24, 2.45) is 0 Å². The van der Waals surface area contributed by atoms with Crippen LogP contribution in [0.4, 0.5) is 0 Å². The second-order valence-electron chi connectivity index (χ2n) is 1.99. The van der Waals surface area contributed by atoms with E-state index in [1.807, 2.05) is 7.05 Å². The second kappa shape index (κ2) is 6.32. The van der Waals surface area contributed by atoms with Crippen LogP contribution in [0, 0.1) is 0 Å².